The van der Waals surface area contributed by atoms with Crippen molar-refractivity contribution in [3.8, 4) is 158 Å². The van der Waals surface area contributed by atoms with Crippen molar-refractivity contribution in [1.29, 1.82) is 0 Å². The average Bonchev–Trinajstić information content (AvgIpc) is 1.54. The molecule has 0 bridgehead atoms. The Labute approximate surface area is 740 Å². The summed E-state index contributed by atoms with van der Waals surface area (Å²) in [5.74, 6) is 4.85. The molecule has 10 nitrogen and oxygen atoms in total. The first-order chi connectivity index (χ1) is 63.4. The number of hydrogen-bond acceptors (Lipinski definition) is 10. The van der Waals surface area contributed by atoms with Gasteiger partial charge in [0.2, 0.25) is 11.8 Å². The first-order valence-electron chi connectivity index (χ1n) is 43.1. The van der Waals surface area contributed by atoms with Gasteiger partial charge in [-0.3, -0.25) is 0 Å². The van der Waals surface area contributed by atoms with Gasteiger partial charge in [0.25, 0.3) is 0 Å². The SMILES string of the molecule is c1ccc(-c2ccc(-c3nc(-c4ccc(-c5ccccc5)cc4)nc(-c4ccc(C5(c6ccc7nc(-c8ccccc8)oc7c6)c6ccccc6-c6ccccc65)cc4)n3)cc2)cc1.c1ccc(-c2ccc(-c3nc(-c4ccc(C5(c6ccc7nc(-c8ccccc8)oc7c6)c6ccccc6-c6ccccc65)cc4)nc(-c4cccc(-c5ccccc5)c4)n3)cc2)cc1. The highest BCUT2D eigenvalue weighted by Gasteiger charge is 2.48. The van der Waals surface area contributed by atoms with E-state index in [4.69, 9.17) is 48.7 Å². The summed E-state index contributed by atoms with van der Waals surface area (Å²) in [4.78, 5) is 40.7. The van der Waals surface area contributed by atoms with Crippen molar-refractivity contribution in [2.24, 2.45) is 0 Å². The first kappa shape index (κ1) is 75.9. The second kappa shape index (κ2) is 32.3. The fourth-order valence-corrected chi connectivity index (χ4v) is 18.8. The van der Waals surface area contributed by atoms with Crippen LogP contribution >= 0.6 is 0 Å². The monoisotopic (exact) mass is 1640 g/mol. The van der Waals surface area contributed by atoms with Crippen molar-refractivity contribution in [2.45, 2.75) is 10.8 Å². The van der Waals surface area contributed by atoms with E-state index >= 15 is 0 Å². The van der Waals surface area contributed by atoms with E-state index < -0.39 is 10.8 Å². The van der Waals surface area contributed by atoms with E-state index in [1.807, 2.05) is 84.9 Å². The molecular formula is C118H76N8O2. The molecule has 0 spiro atoms. The summed E-state index contributed by atoms with van der Waals surface area (Å²) in [6, 6.07) is 161. The van der Waals surface area contributed by atoms with Gasteiger partial charge in [-0.05, 0) is 166 Å². The molecule has 0 amide bonds. The summed E-state index contributed by atoms with van der Waals surface area (Å²) >= 11 is 0. The molecule has 0 atom stereocenters. The minimum Gasteiger partial charge on any atom is -0.436 e. The van der Waals surface area contributed by atoms with Crippen LogP contribution in [0.3, 0.4) is 0 Å². The predicted molar refractivity (Wildman–Crippen MR) is 515 cm³/mol. The quantitative estimate of drug-likeness (QED) is 0.0922. The average molecular weight is 1640 g/mol. The molecule has 24 rings (SSSR count). The van der Waals surface area contributed by atoms with Crippen LogP contribution in [0, 0.1) is 0 Å². The fraction of sp³-hybridized carbons (Fsp3) is 0.0169. The van der Waals surface area contributed by atoms with Crippen LogP contribution in [0.5, 0.6) is 0 Å². The zero-order valence-corrected chi connectivity index (χ0v) is 69.3. The third-order valence-electron chi connectivity index (χ3n) is 25.0. The summed E-state index contributed by atoms with van der Waals surface area (Å²) in [6.07, 6.45) is 0. The number of aromatic nitrogens is 8. The highest BCUT2D eigenvalue weighted by atomic mass is 16.4. The van der Waals surface area contributed by atoms with Gasteiger partial charge in [0.15, 0.2) is 46.1 Å². The van der Waals surface area contributed by atoms with Gasteiger partial charge in [0.1, 0.15) is 11.0 Å². The molecule has 18 aromatic carbocycles. The molecule has 2 aliphatic rings. The Morgan fingerprint density at radius 3 is 0.672 bits per heavy atom. The highest BCUT2D eigenvalue weighted by Crippen LogP contribution is 2.59. The van der Waals surface area contributed by atoms with Crippen molar-refractivity contribution in [3.63, 3.8) is 0 Å². The summed E-state index contributed by atoms with van der Waals surface area (Å²) in [7, 11) is 0. The number of benzene rings is 18. The lowest BCUT2D eigenvalue weighted by Gasteiger charge is -2.33. The molecule has 0 saturated heterocycles. The van der Waals surface area contributed by atoms with E-state index in [0.29, 0.717) is 46.7 Å². The third kappa shape index (κ3) is 13.6. The summed E-state index contributed by atoms with van der Waals surface area (Å²) in [5.41, 5.74) is 32.4. The molecule has 0 radical (unpaired) electrons. The smallest absolute Gasteiger partial charge is 0.227 e. The molecule has 600 valence electrons. The van der Waals surface area contributed by atoms with Crippen LogP contribution in [-0.2, 0) is 10.8 Å². The molecule has 4 heterocycles. The summed E-state index contributed by atoms with van der Waals surface area (Å²) in [5, 5.41) is 0. The normalized spacial score (nSPS) is 12.5. The van der Waals surface area contributed by atoms with E-state index in [1.54, 1.807) is 0 Å². The lowest BCUT2D eigenvalue weighted by atomic mass is 9.67. The largest absolute Gasteiger partial charge is 0.436 e. The molecule has 10 heteroatoms. The van der Waals surface area contributed by atoms with Gasteiger partial charge in [0.05, 0.1) is 10.8 Å². The molecule has 128 heavy (non-hydrogen) atoms. The van der Waals surface area contributed by atoms with Crippen LogP contribution < -0.4 is 0 Å². The van der Waals surface area contributed by atoms with Crippen LogP contribution in [0.4, 0.5) is 0 Å². The molecule has 0 unspecified atom stereocenters. The topological polar surface area (TPSA) is 129 Å². The van der Waals surface area contributed by atoms with Crippen molar-refractivity contribution >= 4 is 22.2 Å². The number of nitrogens with zero attached hydrogens (tertiary/aromatic N) is 8. The maximum Gasteiger partial charge on any atom is 0.227 e. The van der Waals surface area contributed by atoms with Crippen LogP contribution in [0.2, 0.25) is 0 Å². The van der Waals surface area contributed by atoms with E-state index in [-0.39, 0.29) is 0 Å². The molecule has 2 aliphatic carbocycles. The van der Waals surface area contributed by atoms with Gasteiger partial charge >= 0.3 is 0 Å². The zero-order valence-electron chi connectivity index (χ0n) is 69.3. The Morgan fingerprint density at radius 1 is 0.148 bits per heavy atom. The second-order valence-corrected chi connectivity index (χ2v) is 32.4. The lowest BCUT2D eigenvalue weighted by Crippen LogP contribution is -2.28. The lowest BCUT2D eigenvalue weighted by molar-refractivity contribution is 0.617. The molecule has 0 aliphatic heterocycles. The third-order valence-corrected chi connectivity index (χ3v) is 25.0. The van der Waals surface area contributed by atoms with Crippen LogP contribution in [0.15, 0.2) is 470 Å². The van der Waals surface area contributed by atoms with Gasteiger partial charge in [-0.2, -0.15) is 0 Å². The number of hydrogen-bond donors (Lipinski definition) is 0. The van der Waals surface area contributed by atoms with E-state index in [2.05, 4.69) is 376 Å². The van der Waals surface area contributed by atoms with Gasteiger partial charge in [-0.25, -0.2) is 39.9 Å². The van der Waals surface area contributed by atoms with E-state index in [9.17, 15) is 0 Å². The van der Waals surface area contributed by atoms with Crippen LogP contribution in [0.25, 0.3) is 180 Å². The summed E-state index contributed by atoms with van der Waals surface area (Å²) < 4.78 is 13.0. The molecule has 4 aromatic heterocycles. The Kier molecular flexibility index (Phi) is 19.1. The maximum atomic E-state index is 6.51. The molecule has 0 saturated carbocycles. The Bertz CT molecular complexity index is 7680. The Hall–Kier alpha value is -17.1. The fourth-order valence-electron chi connectivity index (χ4n) is 18.8. The predicted octanol–water partition coefficient (Wildman–Crippen LogP) is 28.8. The van der Waals surface area contributed by atoms with Gasteiger partial charge in [0, 0.05) is 44.5 Å². The molecule has 0 fully saturated rings. The van der Waals surface area contributed by atoms with Gasteiger partial charge < -0.3 is 8.83 Å². The van der Waals surface area contributed by atoms with Crippen molar-refractivity contribution in [1.82, 2.24) is 39.9 Å². The second-order valence-electron chi connectivity index (χ2n) is 32.4. The molecule has 0 N–H and O–H groups in total. The van der Waals surface area contributed by atoms with Gasteiger partial charge in [-0.15, -0.1) is 0 Å². The van der Waals surface area contributed by atoms with Crippen LogP contribution in [-0.4, -0.2) is 39.9 Å². The zero-order chi connectivity index (χ0) is 84.9. The molecule has 22 aromatic rings. The van der Waals surface area contributed by atoms with Gasteiger partial charge in [-0.1, -0.05) is 406 Å². The number of oxazole rings is 2. The van der Waals surface area contributed by atoms with Crippen molar-refractivity contribution < 1.29 is 8.83 Å². The first-order valence-corrected chi connectivity index (χ1v) is 43.1. The minimum absolute atomic E-state index is 0.599. The standard InChI is InChI=1S/2C59H38N4O/c1-4-15-39(16-5-1)41-27-29-42(30-28-41)55-61-56(63-57(62-55)46-22-14-21-45(37-46)40-17-6-2-7-18-40)43-31-33-47(34-32-43)59(51-25-12-10-23-49(51)50-24-11-13-26-52(50)59)48-35-36-53-54(38-48)64-58(60-53)44-19-8-3-9-20-44;1-4-14-39(15-5-1)41-24-28-43(29-25-41)55-61-56(44-30-26-42(27-31-44)40-16-6-2-7-17-40)63-57(62-55)45-32-34-47(35-33-45)59(51-22-12-10-20-49(51)50-21-11-13-23-52(50)59)48-36-37-53-54(38-48)64-58(60-53)46-18-8-3-9-19-46/h2*1-38H. The number of rotatable bonds is 16. The Balaban J connectivity index is 0.000000146. The maximum absolute atomic E-state index is 6.51. The number of fused-ring (bicyclic) bond motifs is 8. The minimum atomic E-state index is -0.645. The highest BCUT2D eigenvalue weighted by molar-refractivity contribution is 5.91. The Morgan fingerprint density at radius 2 is 0.367 bits per heavy atom. The molecular weight excluding hydrogens is 1560 g/mol. The van der Waals surface area contributed by atoms with E-state index in [1.165, 1.54) is 44.5 Å². The summed E-state index contributed by atoms with van der Waals surface area (Å²) in [6.45, 7) is 0. The van der Waals surface area contributed by atoms with Crippen molar-refractivity contribution in [2.75, 3.05) is 0 Å². The van der Waals surface area contributed by atoms with Crippen molar-refractivity contribution in [3.05, 3.63) is 506 Å². The van der Waals surface area contributed by atoms with Crippen LogP contribution in [0.1, 0.15) is 44.5 Å². The van der Waals surface area contributed by atoms with E-state index in [0.717, 1.165) is 133 Å².